The summed E-state index contributed by atoms with van der Waals surface area (Å²) in [6.07, 6.45) is 1.46. The standard InChI is InChI=1S/C20H21N3O4/c1-26-15-8-9-17(27-2)14(10-15)11-22-23-20(25)18-16(12-21-19(18)24)13-6-4-3-5-7-13/h3-11,16,18H,12H2,1-2H3,(H,21,24)(H,23,25)/t16-,18-/m0/s1. The number of nitrogens with zero attached hydrogens (tertiary/aromatic N) is 1. The van der Waals surface area contributed by atoms with Crippen molar-refractivity contribution in [1.82, 2.24) is 10.7 Å². The van der Waals surface area contributed by atoms with Crippen LogP contribution in [0.1, 0.15) is 17.0 Å². The summed E-state index contributed by atoms with van der Waals surface area (Å²) in [5, 5.41) is 6.74. The predicted octanol–water partition coefficient (Wildman–Crippen LogP) is 1.68. The van der Waals surface area contributed by atoms with Gasteiger partial charge in [-0.2, -0.15) is 5.10 Å². The third kappa shape index (κ3) is 4.08. The second-order valence-electron chi connectivity index (χ2n) is 6.08. The highest BCUT2D eigenvalue weighted by molar-refractivity contribution is 6.03. The summed E-state index contributed by atoms with van der Waals surface area (Å²) in [4.78, 5) is 24.7. The number of rotatable bonds is 6. The average Bonchev–Trinajstić information content (AvgIpc) is 3.10. The van der Waals surface area contributed by atoms with Crippen molar-refractivity contribution in [3.05, 3.63) is 59.7 Å². The van der Waals surface area contributed by atoms with Crippen LogP contribution in [-0.4, -0.2) is 38.8 Å². The van der Waals surface area contributed by atoms with E-state index in [1.54, 1.807) is 32.4 Å². The molecule has 0 unspecified atom stereocenters. The van der Waals surface area contributed by atoms with E-state index in [9.17, 15) is 9.59 Å². The lowest BCUT2D eigenvalue weighted by Gasteiger charge is -2.15. The zero-order chi connectivity index (χ0) is 19.2. The SMILES string of the molecule is COc1ccc(OC)c(C=NNC(=O)[C@@H]2C(=O)NC[C@H]2c2ccccc2)c1. The third-order valence-corrected chi connectivity index (χ3v) is 4.51. The fourth-order valence-electron chi connectivity index (χ4n) is 3.11. The molecule has 2 aromatic carbocycles. The van der Waals surface area contributed by atoms with Crippen LogP contribution in [0.3, 0.4) is 0 Å². The van der Waals surface area contributed by atoms with E-state index in [0.717, 1.165) is 5.56 Å². The van der Waals surface area contributed by atoms with E-state index in [0.29, 0.717) is 23.6 Å². The first-order valence-corrected chi connectivity index (χ1v) is 8.51. The lowest BCUT2D eigenvalue weighted by atomic mass is 9.88. The van der Waals surface area contributed by atoms with Crippen LogP contribution >= 0.6 is 0 Å². The number of hydrogen-bond donors (Lipinski definition) is 2. The molecular formula is C20H21N3O4. The molecule has 1 saturated heterocycles. The molecule has 27 heavy (non-hydrogen) atoms. The molecule has 7 nitrogen and oxygen atoms in total. The number of hydrazone groups is 1. The van der Waals surface area contributed by atoms with Crippen molar-refractivity contribution >= 4 is 18.0 Å². The van der Waals surface area contributed by atoms with Crippen molar-refractivity contribution in [2.24, 2.45) is 11.0 Å². The van der Waals surface area contributed by atoms with Gasteiger partial charge in [-0.1, -0.05) is 30.3 Å². The first-order valence-electron chi connectivity index (χ1n) is 8.51. The maximum atomic E-state index is 12.6. The topological polar surface area (TPSA) is 89.0 Å². The Bertz CT molecular complexity index is 852. The Labute approximate surface area is 157 Å². The van der Waals surface area contributed by atoms with Gasteiger partial charge in [-0.25, -0.2) is 5.43 Å². The third-order valence-electron chi connectivity index (χ3n) is 4.51. The normalized spacial score (nSPS) is 19.0. The quantitative estimate of drug-likeness (QED) is 0.462. The number of hydrogen-bond acceptors (Lipinski definition) is 5. The fraction of sp³-hybridized carbons (Fsp3) is 0.250. The van der Waals surface area contributed by atoms with Gasteiger partial charge in [-0.3, -0.25) is 9.59 Å². The van der Waals surface area contributed by atoms with Crippen molar-refractivity contribution in [3.63, 3.8) is 0 Å². The van der Waals surface area contributed by atoms with E-state index in [2.05, 4.69) is 15.8 Å². The molecule has 0 aliphatic carbocycles. The molecular weight excluding hydrogens is 346 g/mol. The lowest BCUT2D eigenvalue weighted by Crippen LogP contribution is -2.34. The summed E-state index contributed by atoms with van der Waals surface area (Å²) >= 11 is 0. The molecule has 2 amide bonds. The Hall–Kier alpha value is -3.35. The minimum Gasteiger partial charge on any atom is -0.497 e. The molecule has 1 heterocycles. The molecule has 0 radical (unpaired) electrons. The van der Waals surface area contributed by atoms with Gasteiger partial charge in [-0.15, -0.1) is 0 Å². The largest absolute Gasteiger partial charge is 0.497 e. The molecule has 0 bridgehead atoms. The van der Waals surface area contributed by atoms with Gasteiger partial charge in [0.05, 0.1) is 20.4 Å². The van der Waals surface area contributed by atoms with Crippen LogP contribution < -0.4 is 20.2 Å². The molecule has 0 aromatic heterocycles. The van der Waals surface area contributed by atoms with Crippen LogP contribution in [-0.2, 0) is 9.59 Å². The summed E-state index contributed by atoms with van der Waals surface area (Å²) in [6, 6.07) is 14.8. The fourth-order valence-corrected chi connectivity index (χ4v) is 3.11. The number of ether oxygens (including phenoxy) is 2. The highest BCUT2D eigenvalue weighted by Gasteiger charge is 2.40. The number of methoxy groups -OCH3 is 2. The second kappa shape index (κ2) is 8.35. The Kier molecular flexibility index (Phi) is 5.71. The number of amides is 2. The van der Waals surface area contributed by atoms with Crippen LogP contribution in [0.2, 0.25) is 0 Å². The molecule has 2 atom stereocenters. The Balaban J connectivity index is 1.73. The molecule has 3 rings (SSSR count). The molecule has 2 aromatic rings. The van der Waals surface area contributed by atoms with Crippen LogP contribution in [0, 0.1) is 5.92 Å². The number of carbonyl (C=O) groups is 2. The number of nitrogens with one attached hydrogen (secondary N) is 2. The second-order valence-corrected chi connectivity index (χ2v) is 6.08. The van der Waals surface area contributed by atoms with Crippen LogP contribution in [0.25, 0.3) is 0 Å². The molecule has 2 N–H and O–H groups in total. The van der Waals surface area contributed by atoms with Gasteiger partial charge >= 0.3 is 0 Å². The Morgan fingerprint density at radius 3 is 2.67 bits per heavy atom. The van der Waals surface area contributed by atoms with Gasteiger partial charge in [0.1, 0.15) is 17.4 Å². The highest BCUT2D eigenvalue weighted by atomic mass is 16.5. The van der Waals surface area contributed by atoms with Gasteiger partial charge in [0.2, 0.25) is 5.91 Å². The zero-order valence-corrected chi connectivity index (χ0v) is 15.1. The smallest absolute Gasteiger partial charge is 0.253 e. The van der Waals surface area contributed by atoms with Crippen molar-refractivity contribution in [2.75, 3.05) is 20.8 Å². The molecule has 7 heteroatoms. The molecule has 1 aliphatic heterocycles. The van der Waals surface area contributed by atoms with Crippen molar-refractivity contribution in [3.8, 4) is 11.5 Å². The van der Waals surface area contributed by atoms with E-state index in [4.69, 9.17) is 9.47 Å². The monoisotopic (exact) mass is 367 g/mol. The molecule has 1 fully saturated rings. The van der Waals surface area contributed by atoms with Crippen LogP contribution in [0.4, 0.5) is 0 Å². The summed E-state index contributed by atoms with van der Waals surface area (Å²) in [6.45, 7) is 0.425. The summed E-state index contributed by atoms with van der Waals surface area (Å²) in [7, 11) is 3.11. The number of benzene rings is 2. The molecule has 1 aliphatic rings. The van der Waals surface area contributed by atoms with Gasteiger partial charge in [-0.05, 0) is 23.8 Å². The molecule has 0 spiro atoms. The van der Waals surface area contributed by atoms with Gasteiger partial charge in [0.15, 0.2) is 0 Å². The van der Waals surface area contributed by atoms with Gasteiger partial charge in [0, 0.05) is 18.0 Å². The minimum absolute atomic E-state index is 0.222. The van der Waals surface area contributed by atoms with Gasteiger partial charge in [0.25, 0.3) is 5.91 Å². The number of carbonyl (C=O) groups excluding carboxylic acids is 2. The van der Waals surface area contributed by atoms with Crippen molar-refractivity contribution in [1.29, 1.82) is 0 Å². The first-order chi connectivity index (χ1) is 13.1. The van der Waals surface area contributed by atoms with Crippen LogP contribution in [0.5, 0.6) is 11.5 Å². The summed E-state index contributed by atoms with van der Waals surface area (Å²) in [5.74, 6) is -0.554. The van der Waals surface area contributed by atoms with E-state index < -0.39 is 11.8 Å². The Morgan fingerprint density at radius 2 is 1.96 bits per heavy atom. The first kappa shape index (κ1) is 18.4. The Morgan fingerprint density at radius 1 is 1.19 bits per heavy atom. The maximum Gasteiger partial charge on any atom is 0.253 e. The average molecular weight is 367 g/mol. The van der Waals surface area contributed by atoms with E-state index in [1.807, 2.05) is 30.3 Å². The van der Waals surface area contributed by atoms with Crippen molar-refractivity contribution < 1.29 is 19.1 Å². The lowest BCUT2D eigenvalue weighted by molar-refractivity contribution is -0.133. The van der Waals surface area contributed by atoms with Crippen molar-refractivity contribution in [2.45, 2.75) is 5.92 Å². The maximum absolute atomic E-state index is 12.6. The van der Waals surface area contributed by atoms with E-state index in [1.165, 1.54) is 6.21 Å². The molecule has 140 valence electrons. The summed E-state index contributed by atoms with van der Waals surface area (Å²) in [5.41, 5.74) is 4.05. The predicted molar refractivity (Wildman–Crippen MR) is 101 cm³/mol. The minimum atomic E-state index is -0.822. The van der Waals surface area contributed by atoms with Crippen LogP contribution in [0.15, 0.2) is 53.6 Å². The van der Waals surface area contributed by atoms with Gasteiger partial charge < -0.3 is 14.8 Å². The highest BCUT2D eigenvalue weighted by Crippen LogP contribution is 2.29. The summed E-state index contributed by atoms with van der Waals surface area (Å²) < 4.78 is 10.5. The van der Waals surface area contributed by atoms with E-state index >= 15 is 0 Å². The van der Waals surface area contributed by atoms with E-state index in [-0.39, 0.29) is 11.8 Å². The molecule has 0 saturated carbocycles. The zero-order valence-electron chi connectivity index (χ0n) is 15.1.